The fourth-order valence-electron chi connectivity index (χ4n) is 3.15. The minimum atomic E-state index is -1.41. The smallest absolute Gasteiger partial charge is 0.328 e. The van der Waals surface area contributed by atoms with Crippen LogP contribution < -0.4 is 5.32 Å². The Morgan fingerprint density at radius 3 is 1.93 bits per heavy atom. The number of amides is 1. The number of nitrogens with one attached hydrogen (secondary N) is 1. The molecule has 0 aliphatic heterocycles. The molecule has 2 rings (SSSR count). The molecule has 0 saturated carbocycles. The van der Waals surface area contributed by atoms with Crippen molar-refractivity contribution in [2.75, 3.05) is 21.3 Å². The molecule has 8 nitrogen and oxygen atoms in total. The van der Waals surface area contributed by atoms with Crippen LogP contribution in [0.3, 0.4) is 0 Å². The van der Waals surface area contributed by atoms with Crippen molar-refractivity contribution >= 4 is 34.6 Å². The van der Waals surface area contributed by atoms with Crippen LogP contribution in [0.25, 0.3) is 10.8 Å². The number of hydrogen-bond acceptors (Lipinski definition) is 7. The van der Waals surface area contributed by atoms with Crippen LogP contribution in [0, 0.1) is 11.8 Å². The maximum atomic E-state index is 12.9. The Morgan fingerprint density at radius 1 is 0.793 bits per heavy atom. The van der Waals surface area contributed by atoms with Gasteiger partial charge in [-0.3, -0.25) is 14.4 Å². The zero-order chi connectivity index (χ0) is 21.6. The van der Waals surface area contributed by atoms with E-state index in [0.29, 0.717) is 10.9 Å². The van der Waals surface area contributed by atoms with Crippen LogP contribution in [0.5, 0.6) is 0 Å². The monoisotopic (exact) mass is 401 g/mol. The summed E-state index contributed by atoms with van der Waals surface area (Å²) < 4.78 is 14.1. The summed E-state index contributed by atoms with van der Waals surface area (Å²) in [5.41, 5.74) is 0.344. The van der Waals surface area contributed by atoms with E-state index in [2.05, 4.69) is 14.8 Å². The van der Waals surface area contributed by atoms with Crippen LogP contribution in [0.1, 0.15) is 17.3 Å². The fourth-order valence-corrected chi connectivity index (χ4v) is 3.15. The summed E-state index contributed by atoms with van der Waals surface area (Å²) in [7, 11) is 3.39. The Kier molecular flexibility index (Phi) is 7.30. The first-order valence-corrected chi connectivity index (χ1v) is 8.87. The van der Waals surface area contributed by atoms with Gasteiger partial charge in [0.25, 0.3) is 5.91 Å². The van der Waals surface area contributed by atoms with Gasteiger partial charge in [0.05, 0.1) is 21.3 Å². The largest absolute Gasteiger partial charge is 0.468 e. The lowest BCUT2D eigenvalue weighted by molar-refractivity contribution is -0.162. The molecule has 2 aromatic carbocycles. The Morgan fingerprint density at radius 2 is 1.34 bits per heavy atom. The van der Waals surface area contributed by atoms with Crippen LogP contribution in [-0.2, 0) is 28.6 Å². The number of methoxy groups -OCH3 is 3. The molecule has 0 heterocycles. The second kappa shape index (κ2) is 9.68. The number of fused-ring (bicyclic) bond motifs is 1. The molecule has 1 amide bonds. The molecule has 0 unspecified atom stereocenters. The number of hydrogen-bond donors (Lipinski definition) is 1. The van der Waals surface area contributed by atoms with Crippen molar-refractivity contribution < 1.29 is 33.4 Å². The van der Waals surface area contributed by atoms with Gasteiger partial charge in [-0.2, -0.15) is 0 Å². The number of benzene rings is 2. The summed E-state index contributed by atoms with van der Waals surface area (Å²) in [4.78, 5) is 49.5. The molecule has 29 heavy (non-hydrogen) atoms. The Bertz CT molecular complexity index is 903. The first kappa shape index (κ1) is 21.9. The highest BCUT2D eigenvalue weighted by Gasteiger charge is 2.42. The molecular formula is C21H23NO7. The van der Waals surface area contributed by atoms with E-state index in [-0.39, 0.29) is 0 Å². The third-order valence-electron chi connectivity index (χ3n) is 4.74. The number of ether oxygens (including phenoxy) is 3. The van der Waals surface area contributed by atoms with Gasteiger partial charge in [0.2, 0.25) is 0 Å². The van der Waals surface area contributed by atoms with Gasteiger partial charge in [0.1, 0.15) is 6.04 Å². The summed E-state index contributed by atoms with van der Waals surface area (Å²) in [6.07, 6.45) is 0. The number of esters is 3. The number of rotatable bonds is 7. The maximum Gasteiger partial charge on any atom is 0.328 e. The summed E-state index contributed by atoms with van der Waals surface area (Å²) in [6.45, 7) is 1.46. The van der Waals surface area contributed by atoms with Crippen LogP contribution >= 0.6 is 0 Å². The van der Waals surface area contributed by atoms with E-state index >= 15 is 0 Å². The van der Waals surface area contributed by atoms with E-state index in [1.807, 2.05) is 18.2 Å². The van der Waals surface area contributed by atoms with Gasteiger partial charge in [0.15, 0.2) is 5.92 Å². The summed E-state index contributed by atoms with van der Waals surface area (Å²) in [5, 5.41) is 4.13. The lowest BCUT2D eigenvalue weighted by Crippen LogP contribution is -2.51. The average Bonchev–Trinajstić information content (AvgIpc) is 2.75. The molecule has 154 valence electrons. The fraction of sp³-hybridized carbons (Fsp3) is 0.333. The highest BCUT2D eigenvalue weighted by molar-refractivity contribution is 6.08. The zero-order valence-electron chi connectivity index (χ0n) is 16.6. The van der Waals surface area contributed by atoms with Crippen molar-refractivity contribution in [3.63, 3.8) is 0 Å². The Labute approximate surface area is 168 Å². The summed E-state index contributed by atoms with van der Waals surface area (Å²) in [5.74, 6) is -5.50. The van der Waals surface area contributed by atoms with Crippen molar-refractivity contribution in [1.82, 2.24) is 5.32 Å². The first-order valence-electron chi connectivity index (χ1n) is 8.87. The van der Waals surface area contributed by atoms with Gasteiger partial charge in [-0.15, -0.1) is 0 Å². The molecule has 0 spiro atoms. The summed E-state index contributed by atoms with van der Waals surface area (Å²) >= 11 is 0. The van der Waals surface area contributed by atoms with Crippen molar-refractivity contribution in [3.8, 4) is 0 Å². The molecule has 1 N–H and O–H groups in total. The van der Waals surface area contributed by atoms with Crippen molar-refractivity contribution in [2.45, 2.75) is 13.0 Å². The normalized spacial score (nSPS) is 12.7. The van der Waals surface area contributed by atoms with Gasteiger partial charge in [-0.25, -0.2) is 4.79 Å². The van der Waals surface area contributed by atoms with Crippen LogP contribution in [0.15, 0.2) is 42.5 Å². The third kappa shape index (κ3) is 4.71. The van der Waals surface area contributed by atoms with E-state index in [9.17, 15) is 19.2 Å². The van der Waals surface area contributed by atoms with E-state index in [1.54, 1.807) is 24.3 Å². The van der Waals surface area contributed by atoms with Crippen LogP contribution in [0.4, 0.5) is 0 Å². The third-order valence-corrected chi connectivity index (χ3v) is 4.74. The first-order chi connectivity index (χ1) is 13.8. The van der Waals surface area contributed by atoms with Crippen molar-refractivity contribution in [2.24, 2.45) is 11.8 Å². The molecule has 0 fully saturated rings. The predicted molar refractivity (Wildman–Crippen MR) is 104 cm³/mol. The van der Waals surface area contributed by atoms with Gasteiger partial charge in [-0.05, 0) is 16.8 Å². The van der Waals surface area contributed by atoms with Crippen LogP contribution in [0.2, 0.25) is 0 Å². The SMILES string of the molecule is COC(=O)C(C(=O)OC)[C@H](C)[C@H](NC(=O)c1cccc2ccccc12)C(=O)OC. The van der Waals surface area contributed by atoms with Gasteiger partial charge in [0, 0.05) is 11.5 Å². The lowest BCUT2D eigenvalue weighted by atomic mass is 9.87. The molecule has 8 heteroatoms. The molecule has 0 saturated heterocycles. The molecule has 0 bridgehead atoms. The van der Waals surface area contributed by atoms with Gasteiger partial charge < -0.3 is 19.5 Å². The molecule has 0 aliphatic carbocycles. The second-order valence-corrected chi connectivity index (χ2v) is 6.38. The van der Waals surface area contributed by atoms with Gasteiger partial charge in [-0.1, -0.05) is 43.3 Å². The molecular weight excluding hydrogens is 378 g/mol. The average molecular weight is 401 g/mol. The molecule has 0 aromatic heterocycles. The molecule has 2 aromatic rings. The standard InChI is InChI=1S/C21H23NO7/c1-12(16(19(24)27-2)20(25)28-3)17(21(26)29-4)22-18(23)15-11-7-9-13-8-5-6-10-14(13)15/h5-12,16-17H,1-4H3,(H,22,23)/t12-,17-/m0/s1. The molecule has 0 aliphatic rings. The Balaban J connectivity index is 2.39. The molecule has 2 atom stereocenters. The van der Waals surface area contributed by atoms with E-state index in [1.165, 1.54) is 6.92 Å². The molecule has 0 radical (unpaired) electrons. The van der Waals surface area contributed by atoms with Gasteiger partial charge >= 0.3 is 17.9 Å². The van der Waals surface area contributed by atoms with E-state index in [0.717, 1.165) is 26.7 Å². The van der Waals surface area contributed by atoms with Crippen LogP contribution in [-0.4, -0.2) is 51.2 Å². The number of carbonyl (C=O) groups excluding carboxylic acids is 4. The topological polar surface area (TPSA) is 108 Å². The zero-order valence-corrected chi connectivity index (χ0v) is 16.6. The number of carbonyl (C=O) groups is 4. The maximum absolute atomic E-state index is 12.9. The predicted octanol–water partition coefficient (Wildman–Crippen LogP) is 1.71. The van der Waals surface area contributed by atoms with Crippen molar-refractivity contribution in [1.29, 1.82) is 0 Å². The summed E-state index contributed by atoms with van der Waals surface area (Å²) in [6, 6.07) is 11.2. The minimum Gasteiger partial charge on any atom is -0.468 e. The minimum absolute atomic E-state index is 0.344. The van der Waals surface area contributed by atoms with E-state index < -0.39 is 41.7 Å². The van der Waals surface area contributed by atoms with E-state index in [4.69, 9.17) is 4.74 Å². The Hall–Kier alpha value is -3.42. The highest BCUT2D eigenvalue weighted by atomic mass is 16.5. The quantitative estimate of drug-likeness (QED) is 0.427. The van der Waals surface area contributed by atoms with Crippen molar-refractivity contribution in [3.05, 3.63) is 48.0 Å². The second-order valence-electron chi connectivity index (χ2n) is 6.38. The highest BCUT2D eigenvalue weighted by Crippen LogP contribution is 2.22. The lowest BCUT2D eigenvalue weighted by Gasteiger charge is -2.27.